The monoisotopic (exact) mass is 334 g/mol. The molecule has 0 N–H and O–H groups in total. The predicted molar refractivity (Wildman–Crippen MR) is 94.6 cm³/mol. The molecule has 0 radical (unpaired) electrons. The molecule has 1 amide bonds. The van der Waals surface area contributed by atoms with Gasteiger partial charge in [0.05, 0.1) is 6.54 Å². The summed E-state index contributed by atoms with van der Waals surface area (Å²) in [4.78, 5) is 19.2. The van der Waals surface area contributed by atoms with Gasteiger partial charge in [-0.1, -0.05) is 0 Å². The maximum Gasteiger partial charge on any atom is 0.224 e. The van der Waals surface area contributed by atoms with E-state index in [0.29, 0.717) is 19.5 Å². The summed E-state index contributed by atoms with van der Waals surface area (Å²) in [6.45, 7) is 7.07. The number of amides is 1. The minimum absolute atomic E-state index is 0.188. The van der Waals surface area contributed by atoms with Crippen LogP contribution in [0.15, 0.2) is 24.4 Å². The van der Waals surface area contributed by atoms with Crippen LogP contribution in [-0.4, -0.2) is 52.7 Å². The van der Waals surface area contributed by atoms with Crippen LogP contribution in [0.25, 0.3) is 0 Å². The number of carbonyl (C=O) groups is 1. The van der Waals surface area contributed by atoms with Crippen molar-refractivity contribution in [3.05, 3.63) is 39.8 Å². The Morgan fingerprint density at radius 3 is 2.57 bits per heavy atom. The third-order valence-electron chi connectivity index (χ3n) is 3.78. The maximum atomic E-state index is 12.6. The van der Waals surface area contributed by atoms with Gasteiger partial charge in [0.25, 0.3) is 0 Å². The summed E-state index contributed by atoms with van der Waals surface area (Å²) in [5.41, 5.74) is 1.09. The second-order valence-corrected chi connectivity index (χ2v) is 7.45. The van der Waals surface area contributed by atoms with Crippen molar-refractivity contribution in [3.8, 4) is 0 Å². The molecule has 2 aromatic heterocycles. The number of nitrogens with zero attached hydrogens (tertiary/aromatic N) is 4. The first kappa shape index (κ1) is 17.7. The van der Waals surface area contributed by atoms with Crippen molar-refractivity contribution in [1.29, 1.82) is 0 Å². The maximum absolute atomic E-state index is 12.6. The minimum Gasteiger partial charge on any atom is -0.336 e. The topological polar surface area (TPSA) is 41.4 Å². The Kier molecular flexibility index (Phi) is 6.36. The molecule has 6 heteroatoms. The van der Waals surface area contributed by atoms with Crippen LogP contribution in [-0.2, 0) is 17.9 Å². The lowest BCUT2D eigenvalue weighted by Crippen LogP contribution is -2.36. The van der Waals surface area contributed by atoms with Gasteiger partial charge in [0.1, 0.15) is 0 Å². The molecule has 23 heavy (non-hydrogen) atoms. The molecule has 5 nitrogen and oxygen atoms in total. The smallest absolute Gasteiger partial charge is 0.224 e. The van der Waals surface area contributed by atoms with Gasteiger partial charge in [-0.3, -0.25) is 9.48 Å². The van der Waals surface area contributed by atoms with Crippen molar-refractivity contribution in [3.63, 3.8) is 0 Å². The van der Waals surface area contributed by atoms with E-state index in [0.717, 1.165) is 18.8 Å². The van der Waals surface area contributed by atoms with Gasteiger partial charge in [-0.05, 0) is 46.1 Å². The highest BCUT2D eigenvalue weighted by Gasteiger charge is 2.15. The summed E-state index contributed by atoms with van der Waals surface area (Å²) < 4.78 is 1.89. The SMILES string of the molecule is Cc1ccc(CN(CCN(C)C)C(=O)CCn2nccc2C)s1. The molecular weight excluding hydrogens is 308 g/mol. The highest BCUT2D eigenvalue weighted by atomic mass is 32.1. The van der Waals surface area contributed by atoms with Gasteiger partial charge in [-0.2, -0.15) is 5.10 Å². The average molecular weight is 334 g/mol. The number of thiophene rings is 1. The summed E-state index contributed by atoms with van der Waals surface area (Å²) in [7, 11) is 4.07. The number of aromatic nitrogens is 2. The first-order valence-electron chi connectivity index (χ1n) is 7.92. The Morgan fingerprint density at radius 1 is 1.22 bits per heavy atom. The standard InChI is InChI=1S/C17H26N4OS/c1-14-7-9-18-21(14)10-8-17(22)20(12-11-19(3)4)13-16-6-5-15(2)23-16/h5-7,9H,8,10-13H2,1-4H3. The third kappa shape index (κ3) is 5.48. The molecule has 0 aliphatic rings. The molecule has 0 unspecified atom stereocenters. The van der Waals surface area contributed by atoms with Crippen molar-refractivity contribution in [2.24, 2.45) is 0 Å². The molecule has 2 aromatic rings. The molecule has 0 aliphatic carbocycles. The first-order valence-corrected chi connectivity index (χ1v) is 8.73. The highest BCUT2D eigenvalue weighted by molar-refractivity contribution is 7.11. The average Bonchev–Trinajstić information content (AvgIpc) is 3.09. The van der Waals surface area contributed by atoms with Crippen molar-refractivity contribution in [2.75, 3.05) is 27.2 Å². The Balaban J connectivity index is 1.96. The number of hydrogen-bond donors (Lipinski definition) is 0. The quantitative estimate of drug-likeness (QED) is 0.745. The van der Waals surface area contributed by atoms with Gasteiger partial charge in [-0.25, -0.2) is 0 Å². The van der Waals surface area contributed by atoms with Crippen LogP contribution in [0.3, 0.4) is 0 Å². The number of aryl methyl sites for hydroxylation is 3. The summed E-state index contributed by atoms with van der Waals surface area (Å²) in [5.74, 6) is 0.188. The van der Waals surface area contributed by atoms with E-state index < -0.39 is 0 Å². The molecular formula is C17H26N4OS. The summed E-state index contributed by atoms with van der Waals surface area (Å²) >= 11 is 1.76. The van der Waals surface area contributed by atoms with Crippen LogP contribution in [0.5, 0.6) is 0 Å². The van der Waals surface area contributed by atoms with Crippen molar-refractivity contribution in [1.82, 2.24) is 19.6 Å². The van der Waals surface area contributed by atoms with E-state index in [1.165, 1.54) is 9.75 Å². The molecule has 0 aromatic carbocycles. The van der Waals surface area contributed by atoms with E-state index in [9.17, 15) is 4.79 Å². The Labute approximate surface area is 142 Å². The fourth-order valence-electron chi connectivity index (χ4n) is 2.36. The molecule has 0 aliphatic heterocycles. The van der Waals surface area contributed by atoms with Crippen LogP contribution in [0.2, 0.25) is 0 Å². The second-order valence-electron chi connectivity index (χ2n) is 6.08. The van der Waals surface area contributed by atoms with E-state index in [1.807, 2.05) is 36.7 Å². The summed E-state index contributed by atoms with van der Waals surface area (Å²) in [6, 6.07) is 6.19. The Hall–Kier alpha value is -1.66. The van der Waals surface area contributed by atoms with E-state index in [2.05, 4.69) is 29.1 Å². The molecule has 2 rings (SSSR count). The normalized spacial score (nSPS) is 11.2. The lowest BCUT2D eigenvalue weighted by atomic mass is 10.3. The second kappa shape index (κ2) is 8.26. The van der Waals surface area contributed by atoms with Gasteiger partial charge >= 0.3 is 0 Å². The molecule has 0 spiro atoms. The van der Waals surface area contributed by atoms with E-state index >= 15 is 0 Å². The molecule has 126 valence electrons. The van der Waals surface area contributed by atoms with Crippen molar-refractivity contribution in [2.45, 2.75) is 33.4 Å². The van der Waals surface area contributed by atoms with Gasteiger partial charge < -0.3 is 9.80 Å². The number of hydrogen-bond acceptors (Lipinski definition) is 4. The number of likely N-dealkylation sites (N-methyl/N-ethyl adjacent to an activating group) is 1. The molecule has 0 atom stereocenters. The number of rotatable bonds is 8. The van der Waals surface area contributed by atoms with Gasteiger partial charge in [0.2, 0.25) is 5.91 Å². The third-order valence-corrected chi connectivity index (χ3v) is 4.76. The van der Waals surface area contributed by atoms with Crippen LogP contribution in [0, 0.1) is 13.8 Å². The van der Waals surface area contributed by atoms with Crippen LogP contribution in [0.4, 0.5) is 0 Å². The predicted octanol–water partition coefficient (Wildman–Crippen LogP) is 2.54. The lowest BCUT2D eigenvalue weighted by molar-refractivity contribution is -0.132. The van der Waals surface area contributed by atoms with E-state index in [-0.39, 0.29) is 5.91 Å². The fraction of sp³-hybridized carbons (Fsp3) is 0.529. The highest BCUT2D eigenvalue weighted by Crippen LogP contribution is 2.17. The summed E-state index contributed by atoms with van der Waals surface area (Å²) in [5, 5.41) is 4.25. The zero-order chi connectivity index (χ0) is 16.8. The fourth-order valence-corrected chi connectivity index (χ4v) is 3.27. The number of carbonyl (C=O) groups excluding carboxylic acids is 1. The van der Waals surface area contributed by atoms with Gasteiger partial charge in [0, 0.05) is 47.7 Å². The molecule has 0 fully saturated rings. The van der Waals surface area contributed by atoms with Gasteiger partial charge in [-0.15, -0.1) is 11.3 Å². The van der Waals surface area contributed by atoms with Crippen LogP contribution >= 0.6 is 11.3 Å². The minimum atomic E-state index is 0.188. The zero-order valence-electron chi connectivity index (χ0n) is 14.5. The Bertz CT molecular complexity index is 632. The molecule has 0 saturated heterocycles. The summed E-state index contributed by atoms with van der Waals surface area (Å²) in [6.07, 6.45) is 2.26. The molecule has 0 saturated carbocycles. The first-order chi connectivity index (χ1) is 11.0. The van der Waals surface area contributed by atoms with Crippen LogP contribution < -0.4 is 0 Å². The Morgan fingerprint density at radius 2 is 2.00 bits per heavy atom. The van der Waals surface area contributed by atoms with E-state index in [1.54, 1.807) is 17.5 Å². The van der Waals surface area contributed by atoms with Crippen molar-refractivity contribution < 1.29 is 4.79 Å². The zero-order valence-corrected chi connectivity index (χ0v) is 15.3. The van der Waals surface area contributed by atoms with Crippen LogP contribution in [0.1, 0.15) is 21.9 Å². The molecule has 2 heterocycles. The molecule has 0 bridgehead atoms. The van der Waals surface area contributed by atoms with Gasteiger partial charge in [0.15, 0.2) is 0 Å². The largest absolute Gasteiger partial charge is 0.336 e. The van der Waals surface area contributed by atoms with E-state index in [4.69, 9.17) is 0 Å². The van der Waals surface area contributed by atoms with Crippen molar-refractivity contribution >= 4 is 17.2 Å². The lowest BCUT2D eigenvalue weighted by Gasteiger charge is -2.24.